The zero-order valence-corrected chi connectivity index (χ0v) is 27.5. The first-order valence-corrected chi connectivity index (χ1v) is 16.4. The van der Waals surface area contributed by atoms with Gasteiger partial charge >= 0.3 is 5.97 Å². The van der Waals surface area contributed by atoms with Crippen molar-refractivity contribution < 1.29 is 33.8 Å². The van der Waals surface area contributed by atoms with Crippen molar-refractivity contribution in [1.29, 1.82) is 0 Å². The molecule has 47 heavy (non-hydrogen) atoms. The molecule has 2 N–H and O–H groups in total. The molecular formula is C36H42ClN3O7. The first-order chi connectivity index (χ1) is 22.6. The average Bonchev–Trinajstić information content (AvgIpc) is 3.72. The summed E-state index contributed by atoms with van der Waals surface area (Å²) in [5, 5.41) is 13.5. The van der Waals surface area contributed by atoms with E-state index in [1.165, 1.54) is 9.80 Å². The van der Waals surface area contributed by atoms with Gasteiger partial charge in [-0.3, -0.25) is 19.2 Å². The number of ether oxygens (including phenoxy) is 2. The molecule has 3 fully saturated rings. The number of benzene rings is 2. The normalized spacial score (nSPS) is 26.2. The van der Waals surface area contributed by atoms with Crippen molar-refractivity contribution >= 4 is 41.0 Å². The number of para-hydroxylation sites is 1. The predicted octanol–water partition coefficient (Wildman–Crippen LogP) is 4.37. The van der Waals surface area contributed by atoms with Crippen LogP contribution in [0.4, 0.5) is 5.69 Å². The molecule has 2 bridgehead atoms. The van der Waals surface area contributed by atoms with E-state index in [2.05, 4.69) is 18.5 Å². The number of rotatable bonds is 14. The van der Waals surface area contributed by atoms with Gasteiger partial charge in [0.2, 0.25) is 11.8 Å². The van der Waals surface area contributed by atoms with Crippen molar-refractivity contribution in [3.8, 4) is 0 Å². The van der Waals surface area contributed by atoms with Crippen molar-refractivity contribution in [3.05, 3.63) is 90.5 Å². The van der Waals surface area contributed by atoms with Crippen molar-refractivity contribution in [2.75, 3.05) is 18.1 Å². The number of likely N-dealkylation sites (tertiary alicyclic amines) is 1. The number of aliphatic hydroxyl groups is 1. The van der Waals surface area contributed by atoms with E-state index in [-0.39, 0.29) is 18.9 Å². The van der Waals surface area contributed by atoms with Gasteiger partial charge in [-0.1, -0.05) is 66.2 Å². The summed E-state index contributed by atoms with van der Waals surface area (Å²) in [7, 11) is 0. The fourth-order valence-electron chi connectivity index (χ4n) is 7.39. The van der Waals surface area contributed by atoms with Crippen LogP contribution >= 0.6 is 11.6 Å². The van der Waals surface area contributed by atoms with Gasteiger partial charge in [0.25, 0.3) is 5.91 Å². The summed E-state index contributed by atoms with van der Waals surface area (Å²) < 4.78 is 12.7. The number of nitrogens with zero attached hydrogens (tertiary/aromatic N) is 2. The zero-order chi connectivity index (χ0) is 33.9. The van der Waals surface area contributed by atoms with E-state index in [9.17, 15) is 24.3 Å². The van der Waals surface area contributed by atoms with Crippen LogP contribution in [0.2, 0.25) is 5.02 Å². The third kappa shape index (κ3) is 6.34. The second-order valence-corrected chi connectivity index (χ2v) is 12.9. The van der Waals surface area contributed by atoms with E-state index < -0.39 is 72.2 Å². The van der Waals surface area contributed by atoms with Gasteiger partial charge in [-0.2, -0.15) is 0 Å². The van der Waals surface area contributed by atoms with Crippen LogP contribution in [0.25, 0.3) is 0 Å². The molecule has 0 aliphatic carbocycles. The largest absolute Gasteiger partial charge is 0.455 e. The van der Waals surface area contributed by atoms with Crippen LogP contribution < -0.4 is 10.2 Å². The first kappa shape index (κ1) is 34.3. The number of aliphatic hydroxyl groups excluding tert-OH is 1. The smallest absolute Gasteiger partial charge is 0.313 e. The highest BCUT2D eigenvalue weighted by atomic mass is 35.5. The number of allylic oxidation sites excluding steroid dienone is 1. The van der Waals surface area contributed by atoms with E-state index in [1.54, 1.807) is 50.3 Å². The Morgan fingerprint density at radius 1 is 1.15 bits per heavy atom. The molecule has 1 spiro atoms. The highest BCUT2D eigenvalue weighted by Crippen LogP contribution is 2.59. The number of nitrogens with one attached hydrogen (secondary N) is 1. The summed E-state index contributed by atoms with van der Waals surface area (Å²) in [5.41, 5.74) is -0.196. The van der Waals surface area contributed by atoms with Gasteiger partial charge in [0, 0.05) is 13.0 Å². The predicted molar refractivity (Wildman–Crippen MR) is 177 cm³/mol. The molecule has 250 valence electrons. The fourth-order valence-corrected chi connectivity index (χ4v) is 7.63. The fraction of sp³-hybridized carbons (Fsp3) is 0.444. The van der Waals surface area contributed by atoms with Crippen molar-refractivity contribution in [2.45, 2.75) is 75.5 Å². The monoisotopic (exact) mass is 663 g/mol. The Hall–Kier alpha value is -3.99. The Morgan fingerprint density at radius 2 is 1.85 bits per heavy atom. The Labute approximate surface area is 280 Å². The minimum Gasteiger partial charge on any atom is -0.455 e. The number of carbonyl (C=O) groups is 4. The number of amides is 3. The summed E-state index contributed by atoms with van der Waals surface area (Å²) in [6, 6.07) is 13.5. The van der Waals surface area contributed by atoms with Crippen molar-refractivity contribution in [3.63, 3.8) is 0 Å². The molecule has 3 saturated heterocycles. The Morgan fingerprint density at radius 3 is 2.51 bits per heavy atom. The summed E-state index contributed by atoms with van der Waals surface area (Å²) >= 11 is 6.52. The lowest BCUT2D eigenvalue weighted by atomic mass is 9.70. The van der Waals surface area contributed by atoms with E-state index in [0.717, 1.165) is 0 Å². The maximum Gasteiger partial charge on any atom is 0.313 e. The lowest BCUT2D eigenvalue weighted by Crippen LogP contribution is -2.58. The Bertz CT molecular complexity index is 1520. The quantitative estimate of drug-likeness (QED) is 0.227. The van der Waals surface area contributed by atoms with E-state index in [0.29, 0.717) is 35.5 Å². The first-order valence-electron chi connectivity index (χ1n) is 16.0. The molecule has 5 rings (SSSR count). The van der Waals surface area contributed by atoms with Gasteiger partial charge in [-0.25, -0.2) is 0 Å². The van der Waals surface area contributed by atoms with Gasteiger partial charge in [-0.15, -0.1) is 13.2 Å². The minimum absolute atomic E-state index is 0.111. The number of esters is 1. The molecule has 3 aliphatic heterocycles. The molecule has 11 heteroatoms. The van der Waals surface area contributed by atoms with Crippen molar-refractivity contribution in [1.82, 2.24) is 10.2 Å². The molecule has 3 aliphatic rings. The molecule has 0 radical (unpaired) electrons. The molecule has 2 aromatic carbocycles. The average molecular weight is 664 g/mol. The van der Waals surface area contributed by atoms with Crippen LogP contribution in [0.1, 0.15) is 51.2 Å². The molecule has 0 unspecified atom stereocenters. The third-order valence-electron chi connectivity index (χ3n) is 9.49. The highest BCUT2D eigenvalue weighted by molar-refractivity contribution is 6.34. The maximum absolute atomic E-state index is 14.6. The SMILES string of the molecule is C=CCCC(=O)N[C@H](C)[C@@H](OC(=O)[C@@H]1[C@H]2C(=O)N([C@H](C)CO)[C@H](C(=O)N(CC=C)c3ccccc3Cl)[C@]23CC[C@H]1O3)c1ccccc1. The van der Waals surface area contributed by atoms with Crippen LogP contribution in [-0.4, -0.2) is 76.7 Å². The molecule has 2 aromatic rings. The van der Waals surface area contributed by atoms with Crippen LogP contribution in [0.5, 0.6) is 0 Å². The lowest BCUT2D eigenvalue weighted by Gasteiger charge is -2.38. The number of carbonyl (C=O) groups excluding carboxylic acids is 4. The van der Waals surface area contributed by atoms with Crippen LogP contribution in [0, 0.1) is 11.8 Å². The number of anilines is 1. The van der Waals surface area contributed by atoms with Crippen molar-refractivity contribution in [2.24, 2.45) is 11.8 Å². The summed E-state index contributed by atoms with van der Waals surface area (Å²) in [6.45, 7) is 10.6. The second-order valence-electron chi connectivity index (χ2n) is 12.5. The Balaban J connectivity index is 1.49. The highest BCUT2D eigenvalue weighted by Gasteiger charge is 2.75. The van der Waals surface area contributed by atoms with Gasteiger partial charge < -0.3 is 29.7 Å². The molecule has 8 atom stereocenters. The van der Waals surface area contributed by atoms with Crippen LogP contribution in [0.3, 0.4) is 0 Å². The van der Waals surface area contributed by atoms with Crippen LogP contribution in [-0.2, 0) is 28.7 Å². The zero-order valence-electron chi connectivity index (χ0n) is 26.7. The van der Waals surface area contributed by atoms with E-state index in [1.807, 2.05) is 30.3 Å². The van der Waals surface area contributed by atoms with E-state index >= 15 is 0 Å². The second kappa shape index (κ2) is 14.4. The van der Waals surface area contributed by atoms with Gasteiger partial charge in [-0.05, 0) is 50.8 Å². The summed E-state index contributed by atoms with van der Waals surface area (Å²) in [6.07, 6.45) is 3.28. The lowest BCUT2D eigenvalue weighted by molar-refractivity contribution is -0.162. The standard InChI is InChI=1S/C36H42ClN3O7/c1-5-7-17-28(42)38-23(4)31(24-13-9-8-10-14-24)46-35(45)29-27-18-19-36(47-27)30(29)33(43)40(22(3)21-41)32(36)34(44)39(20-6-2)26-16-12-11-15-25(26)37/h5-6,8-16,22-23,27,29-32,41H,1-2,7,17-21H2,3-4H3,(H,38,42)/t22-,23-,27-,29+,30+,31-,32-,36+/m1/s1. The van der Waals surface area contributed by atoms with Gasteiger partial charge in [0.05, 0.1) is 47.3 Å². The molecule has 3 amide bonds. The van der Waals surface area contributed by atoms with E-state index in [4.69, 9.17) is 21.1 Å². The molecular weight excluding hydrogens is 622 g/mol. The molecule has 0 aromatic heterocycles. The number of fused-ring (bicyclic) bond motifs is 1. The van der Waals surface area contributed by atoms with Crippen LogP contribution in [0.15, 0.2) is 79.9 Å². The maximum atomic E-state index is 14.6. The topological polar surface area (TPSA) is 125 Å². The number of halogens is 1. The molecule has 0 saturated carbocycles. The number of hydrogen-bond acceptors (Lipinski definition) is 7. The molecule has 3 heterocycles. The third-order valence-corrected chi connectivity index (χ3v) is 9.81. The summed E-state index contributed by atoms with van der Waals surface area (Å²) in [4.78, 5) is 58.6. The minimum atomic E-state index is -1.32. The molecule has 10 nitrogen and oxygen atoms in total. The van der Waals surface area contributed by atoms with Gasteiger partial charge in [0.15, 0.2) is 0 Å². The summed E-state index contributed by atoms with van der Waals surface area (Å²) in [5.74, 6) is -3.75. The van der Waals surface area contributed by atoms with Gasteiger partial charge in [0.1, 0.15) is 17.7 Å². The number of hydrogen-bond donors (Lipinski definition) is 2. The Kier molecular flexibility index (Phi) is 10.5.